The molecule has 0 saturated carbocycles. The minimum absolute atomic E-state index is 0.266. The van der Waals surface area contributed by atoms with Gasteiger partial charge in [0.15, 0.2) is 0 Å². The lowest BCUT2D eigenvalue weighted by atomic mass is 10.3. The number of aliphatic hydroxyl groups is 1. The monoisotopic (exact) mass is 283 g/mol. The highest BCUT2D eigenvalue weighted by atomic mass is 35.5. The molecule has 1 saturated heterocycles. The largest absolute Gasteiger partial charge is 0.391 e. The molecule has 0 amide bonds. The van der Waals surface area contributed by atoms with Gasteiger partial charge in [0, 0.05) is 18.0 Å². The van der Waals surface area contributed by atoms with E-state index in [4.69, 9.17) is 11.6 Å². The van der Waals surface area contributed by atoms with Crippen LogP contribution < -0.4 is 4.90 Å². The van der Waals surface area contributed by atoms with E-state index < -0.39 is 0 Å². The van der Waals surface area contributed by atoms with E-state index in [0.717, 1.165) is 35.4 Å². The van der Waals surface area contributed by atoms with Gasteiger partial charge in [-0.3, -0.25) is 0 Å². The molecule has 0 aliphatic carbocycles. The van der Waals surface area contributed by atoms with Crippen LogP contribution in [0.25, 0.3) is 10.2 Å². The van der Waals surface area contributed by atoms with Crippen LogP contribution in [0.3, 0.4) is 0 Å². The molecule has 0 aromatic carbocycles. The van der Waals surface area contributed by atoms with E-state index in [-0.39, 0.29) is 11.4 Å². The van der Waals surface area contributed by atoms with E-state index in [0.29, 0.717) is 6.54 Å². The van der Waals surface area contributed by atoms with Crippen LogP contribution in [-0.2, 0) is 6.42 Å². The zero-order valence-corrected chi connectivity index (χ0v) is 11.6. The van der Waals surface area contributed by atoms with Gasteiger partial charge in [0.25, 0.3) is 0 Å². The summed E-state index contributed by atoms with van der Waals surface area (Å²) in [6, 6.07) is 2.14. The summed E-state index contributed by atoms with van der Waals surface area (Å²) >= 11 is 7.65. The molecule has 1 N–H and O–H groups in total. The van der Waals surface area contributed by atoms with Gasteiger partial charge in [-0.1, -0.05) is 6.92 Å². The second kappa shape index (κ2) is 4.64. The number of rotatable bonds is 2. The number of thiophene rings is 1. The van der Waals surface area contributed by atoms with Gasteiger partial charge in [-0.25, -0.2) is 4.98 Å². The second-order valence-electron chi connectivity index (χ2n) is 4.49. The third kappa shape index (κ3) is 2.06. The van der Waals surface area contributed by atoms with Gasteiger partial charge in [-0.15, -0.1) is 11.3 Å². The van der Waals surface area contributed by atoms with Crippen molar-refractivity contribution in [3.05, 3.63) is 16.2 Å². The SMILES string of the molecule is CCc1cc2c(N3CCC(O)C3)nc(Cl)nc2s1. The first-order valence-corrected chi connectivity index (χ1v) is 7.25. The maximum Gasteiger partial charge on any atom is 0.225 e. The van der Waals surface area contributed by atoms with Crippen LogP contribution in [0, 0.1) is 0 Å². The van der Waals surface area contributed by atoms with E-state index in [1.54, 1.807) is 11.3 Å². The van der Waals surface area contributed by atoms with Crippen molar-refractivity contribution in [1.82, 2.24) is 9.97 Å². The summed E-state index contributed by atoms with van der Waals surface area (Å²) in [7, 11) is 0. The molecule has 0 bridgehead atoms. The molecule has 6 heteroatoms. The molecule has 3 heterocycles. The number of hydrogen-bond acceptors (Lipinski definition) is 5. The van der Waals surface area contributed by atoms with Crippen molar-refractivity contribution in [2.45, 2.75) is 25.9 Å². The Morgan fingerprint density at radius 2 is 2.39 bits per heavy atom. The topological polar surface area (TPSA) is 49.2 Å². The summed E-state index contributed by atoms with van der Waals surface area (Å²) < 4.78 is 0. The lowest BCUT2D eigenvalue weighted by Gasteiger charge is -2.17. The summed E-state index contributed by atoms with van der Waals surface area (Å²) in [5, 5.41) is 11.0. The van der Waals surface area contributed by atoms with Crippen molar-refractivity contribution in [2.75, 3.05) is 18.0 Å². The number of anilines is 1. The Labute approximate surface area is 114 Å². The summed E-state index contributed by atoms with van der Waals surface area (Å²) in [4.78, 5) is 12.9. The summed E-state index contributed by atoms with van der Waals surface area (Å²) in [6.45, 7) is 3.57. The fourth-order valence-electron chi connectivity index (χ4n) is 2.28. The van der Waals surface area contributed by atoms with Crippen LogP contribution in [0.4, 0.5) is 5.82 Å². The van der Waals surface area contributed by atoms with Crippen LogP contribution in [-0.4, -0.2) is 34.3 Å². The second-order valence-corrected chi connectivity index (χ2v) is 5.94. The Morgan fingerprint density at radius 3 is 3.06 bits per heavy atom. The van der Waals surface area contributed by atoms with Crippen molar-refractivity contribution < 1.29 is 5.11 Å². The van der Waals surface area contributed by atoms with Crippen LogP contribution >= 0.6 is 22.9 Å². The van der Waals surface area contributed by atoms with Gasteiger partial charge in [0.1, 0.15) is 10.6 Å². The highest BCUT2D eigenvalue weighted by Crippen LogP contribution is 2.33. The van der Waals surface area contributed by atoms with Gasteiger partial charge >= 0.3 is 0 Å². The molecule has 3 rings (SSSR count). The molecular weight excluding hydrogens is 270 g/mol. The molecule has 1 aliphatic heterocycles. The number of nitrogens with zero attached hydrogens (tertiary/aromatic N) is 3. The Kier molecular flexibility index (Phi) is 3.13. The molecule has 2 aromatic heterocycles. The van der Waals surface area contributed by atoms with Crippen molar-refractivity contribution in [2.24, 2.45) is 0 Å². The molecule has 1 aliphatic rings. The van der Waals surface area contributed by atoms with Crippen molar-refractivity contribution in [1.29, 1.82) is 0 Å². The van der Waals surface area contributed by atoms with Crippen LogP contribution in [0.5, 0.6) is 0 Å². The number of fused-ring (bicyclic) bond motifs is 1. The summed E-state index contributed by atoms with van der Waals surface area (Å²) in [5.74, 6) is 0.859. The standard InChI is InChI=1S/C12H14ClN3OS/c1-2-8-5-9-10(16-4-3-7(17)6-16)14-12(13)15-11(9)18-8/h5,7,17H,2-4,6H2,1H3. The van der Waals surface area contributed by atoms with Crippen LogP contribution in [0.1, 0.15) is 18.2 Å². The number of aryl methyl sites for hydroxylation is 1. The van der Waals surface area contributed by atoms with E-state index in [1.807, 2.05) is 0 Å². The van der Waals surface area contributed by atoms with E-state index in [2.05, 4.69) is 27.9 Å². The van der Waals surface area contributed by atoms with Gasteiger partial charge in [0.05, 0.1) is 11.5 Å². The van der Waals surface area contributed by atoms with Crippen molar-refractivity contribution >= 4 is 39.0 Å². The number of aromatic nitrogens is 2. The van der Waals surface area contributed by atoms with Gasteiger partial charge in [0.2, 0.25) is 5.28 Å². The molecule has 1 unspecified atom stereocenters. The fourth-order valence-corrected chi connectivity index (χ4v) is 3.46. The Bertz CT molecular complexity index is 586. The maximum absolute atomic E-state index is 9.64. The number of aliphatic hydroxyl groups excluding tert-OH is 1. The number of β-amino-alcohol motifs (C(OH)–C–C–N with tert-alkyl or cyclic N) is 1. The molecule has 0 radical (unpaired) electrons. The van der Waals surface area contributed by atoms with E-state index in [1.165, 1.54) is 4.88 Å². The molecule has 96 valence electrons. The third-order valence-electron chi connectivity index (χ3n) is 3.21. The zero-order valence-electron chi connectivity index (χ0n) is 10.1. The Hall–Kier alpha value is -0.910. The van der Waals surface area contributed by atoms with Gasteiger partial charge in [-0.05, 0) is 30.5 Å². The molecule has 0 spiro atoms. The maximum atomic E-state index is 9.64. The predicted octanol–water partition coefficient (Wildman–Crippen LogP) is 2.48. The molecule has 2 aromatic rings. The molecule has 4 nitrogen and oxygen atoms in total. The van der Waals surface area contributed by atoms with E-state index in [9.17, 15) is 5.11 Å². The van der Waals surface area contributed by atoms with Crippen molar-refractivity contribution in [3.8, 4) is 0 Å². The number of hydrogen-bond donors (Lipinski definition) is 1. The van der Waals surface area contributed by atoms with Gasteiger partial charge in [-0.2, -0.15) is 4.98 Å². The fraction of sp³-hybridized carbons (Fsp3) is 0.500. The Morgan fingerprint density at radius 1 is 1.56 bits per heavy atom. The Balaban J connectivity index is 2.11. The molecule has 1 fully saturated rings. The van der Waals surface area contributed by atoms with Crippen LogP contribution in [0.2, 0.25) is 5.28 Å². The first-order valence-electron chi connectivity index (χ1n) is 6.06. The number of halogens is 1. The minimum Gasteiger partial charge on any atom is -0.391 e. The predicted molar refractivity (Wildman–Crippen MR) is 74.6 cm³/mol. The summed E-state index contributed by atoms with van der Waals surface area (Å²) in [5.41, 5.74) is 0. The third-order valence-corrected chi connectivity index (χ3v) is 4.55. The quantitative estimate of drug-likeness (QED) is 0.860. The average Bonchev–Trinajstić information content (AvgIpc) is 2.93. The molecule has 18 heavy (non-hydrogen) atoms. The first-order chi connectivity index (χ1) is 8.67. The van der Waals surface area contributed by atoms with Gasteiger partial charge < -0.3 is 10.0 Å². The highest BCUT2D eigenvalue weighted by molar-refractivity contribution is 7.18. The first kappa shape index (κ1) is 12.1. The van der Waals surface area contributed by atoms with Crippen LogP contribution in [0.15, 0.2) is 6.07 Å². The zero-order chi connectivity index (χ0) is 12.7. The van der Waals surface area contributed by atoms with Crippen molar-refractivity contribution in [3.63, 3.8) is 0 Å². The highest BCUT2D eigenvalue weighted by Gasteiger charge is 2.24. The smallest absolute Gasteiger partial charge is 0.225 e. The average molecular weight is 284 g/mol. The molecular formula is C12H14ClN3OS. The lowest BCUT2D eigenvalue weighted by Crippen LogP contribution is -2.22. The van der Waals surface area contributed by atoms with E-state index >= 15 is 0 Å². The minimum atomic E-state index is -0.266. The lowest BCUT2D eigenvalue weighted by molar-refractivity contribution is 0.198. The normalized spacial score (nSPS) is 19.9. The molecule has 1 atom stereocenters. The summed E-state index contributed by atoms with van der Waals surface area (Å²) in [6.07, 6.45) is 1.51.